The highest BCUT2D eigenvalue weighted by molar-refractivity contribution is 5.96. The Bertz CT molecular complexity index is 644. The number of hydrogen-bond donors (Lipinski definition) is 2. The molecule has 3 N–H and O–H groups in total. The molecule has 2 rings (SSSR count). The van der Waals surface area contributed by atoms with Gasteiger partial charge in [-0.1, -0.05) is 42.5 Å². The minimum atomic E-state index is -0.771. The molecule has 1 amide bonds. The van der Waals surface area contributed by atoms with Gasteiger partial charge in [0.05, 0.1) is 11.0 Å². The molecule has 2 aromatic rings. The molecule has 6 nitrogen and oxygen atoms in total. The van der Waals surface area contributed by atoms with Gasteiger partial charge in [-0.15, -0.1) is 0 Å². The molecule has 108 valence electrons. The maximum Gasteiger partial charge on any atom is 0.292 e. The zero-order valence-corrected chi connectivity index (χ0v) is 11.2. The van der Waals surface area contributed by atoms with Crippen LogP contribution in [0.4, 0.5) is 11.4 Å². The van der Waals surface area contributed by atoms with Crippen molar-refractivity contribution in [1.82, 2.24) is 0 Å². The Balaban J connectivity index is 2.06. The molecular weight excluding hydrogens is 270 g/mol. The third kappa shape index (κ3) is 3.87. The van der Waals surface area contributed by atoms with E-state index >= 15 is 0 Å². The van der Waals surface area contributed by atoms with Gasteiger partial charge in [-0.2, -0.15) is 0 Å². The van der Waals surface area contributed by atoms with E-state index in [1.54, 1.807) is 6.07 Å². The topological polar surface area (TPSA) is 98.3 Å². The third-order valence-electron chi connectivity index (χ3n) is 2.99. The van der Waals surface area contributed by atoms with Crippen LogP contribution in [0.1, 0.15) is 5.56 Å². The van der Waals surface area contributed by atoms with E-state index in [1.165, 1.54) is 18.2 Å². The van der Waals surface area contributed by atoms with Crippen LogP contribution in [0.3, 0.4) is 0 Å². The minimum Gasteiger partial charge on any atom is -0.320 e. The maximum atomic E-state index is 12.0. The third-order valence-corrected chi connectivity index (χ3v) is 2.99. The lowest BCUT2D eigenvalue weighted by atomic mass is 10.1. The molecule has 0 saturated heterocycles. The molecule has 0 aromatic heterocycles. The zero-order chi connectivity index (χ0) is 15.2. The second-order valence-corrected chi connectivity index (χ2v) is 4.56. The molecule has 21 heavy (non-hydrogen) atoms. The van der Waals surface area contributed by atoms with Crippen molar-refractivity contribution in [3.8, 4) is 0 Å². The van der Waals surface area contributed by atoms with Gasteiger partial charge in [-0.3, -0.25) is 14.9 Å². The van der Waals surface area contributed by atoms with Crippen LogP contribution in [0, 0.1) is 10.1 Å². The molecule has 0 heterocycles. The number of hydrogen-bond acceptors (Lipinski definition) is 4. The van der Waals surface area contributed by atoms with E-state index in [0.29, 0.717) is 6.42 Å². The quantitative estimate of drug-likeness (QED) is 0.649. The van der Waals surface area contributed by atoms with Gasteiger partial charge in [-0.25, -0.2) is 0 Å². The van der Waals surface area contributed by atoms with Crippen LogP contribution in [-0.4, -0.2) is 16.9 Å². The fourth-order valence-electron chi connectivity index (χ4n) is 1.92. The van der Waals surface area contributed by atoms with Gasteiger partial charge in [0.2, 0.25) is 5.91 Å². The molecule has 0 bridgehead atoms. The summed E-state index contributed by atoms with van der Waals surface area (Å²) in [6.07, 6.45) is 0.368. The van der Waals surface area contributed by atoms with E-state index < -0.39 is 16.9 Å². The summed E-state index contributed by atoms with van der Waals surface area (Å²) in [5.74, 6) is -0.451. The number of anilines is 1. The van der Waals surface area contributed by atoms with Gasteiger partial charge in [0.1, 0.15) is 5.69 Å². The maximum absolute atomic E-state index is 12.0. The summed E-state index contributed by atoms with van der Waals surface area (Å²) in [7, 11) is 0. The molecular formula is C15H15N3O3. The Morgan fingerprint density at radius 1 is 1.14 bits per heavy atom. The average Bonchev–Trinajstić information content (AvgIpc) is 2.48. The molecule has 1 atom stereocenters. The summed E-state index contributed by atoms with van der Waals surface area (Å²) in [6, 6.07) is 14.5. The number of benzene rings is 2. The van der Waals surface area contributed by atoms with Crippen LogP contribution in [0.25, 0.3) is 0 Å². The van der Waals surface area contributed by atoms with E-state index in [4.69, 9.17) is 5.73 Å². The number of para-hydroxylation sites is 2. The fraction of sp³-hybridized carbons (Fsp3) is 0.133. The predicted octanol–water partition coefficient (Wildman–Crippen LogP) is 2.10. The Labute approximate surface area is 121 Å². The normalized spacial score (nSPS) is 11.7. The molecule has 2 aromatic carbocycles. The number of nitrogens with two attached hydrogens (primary N) is 1. The van der Waals surface area contributed by atoms with Gasteiger partial charge < -0.3 is 11.1 Å². The summed E-state index contributed by atoms with van der Waals surface area (Å²) in [5, 5.41) is 13.4. The number of carbonyl (C=O) groups is 1. The van der Waals surface area contributed by atoms with Crippen molar-refractivity contribution in [2.45, 2.75) is 12.5 Å². The smallest absolute Gasteiger partial charge is 0.292 e. The first-order valence-corrected chi connectivity index (χ1v) is 6.41. The van der Waals surface area contributed by atoms with Crippen LogP contribution < -0.4 is 11.1 Å². The van der Waals surface area contributed by atoms with Crippen molar-refractivity contribution >= 4 is 17.3 Å². The van der Waals surface area contributed by atoms with Crippen molar-refractivity contribution in [3.63, 3.8) is 0 Å². The van der Waals surface area contributed by atoms with Crippen LogP contribution in [-0.2, 0) is 11.2 Å². The average molecular weight is 285 g/mol. The lowest BCUT2D eigenvalue weighted by Crippen LogP contribution is -2.37. The van der Waals surface area contributed by atoms with Crippen LogP contribution in [0.15, 0.2) is 54.6 Å². The molecule has 0 aliphatic carbocycles. The van der Waals surface area contributed by atoms with Crippen molar-refractivity contribution in [2.75, 3.05) is 5.32 Å². The molecule has 6 heteroatoms. The van der Waals surface area contributed by atoms with Crippen molar-refractivity contribution in [2.24, 2.45) is 5.73 Å². The second kappa shape index (κ2) is 6.62. The van der Waals surface area contributed by atoms with Gasteiger partial charge in [0.25, 0.3) is 5.69 Å². The first-order valence-electron chi connectivity index (χ1n) is 6.41. The molecule has 0 fully saturated rings. The first kappa shape index (κ1) is 14.7. The van der Waals surface area contributed by atoms with E-state index in [-0.39, 0.29) is 11.4 Å². The van der Waals surface area contributed by atoms with Crippen molar-refractivity contribution < 1.29 is 9.72 Å². The highest BCUT2D eigenvalue weighted by Gasteiger charge is 2.19. The van der Waals surface area contributed by atoms with E-state index in [2.05, 4.69) is 5.32 Å². The van der Waals surface area contributed by atoms with Gasteiger partial charge in [0, 0.05) is 6.07 Å². The van der Waals surface area contributed by atoms with Gasteiger partial charge >= 0.3 is 0 Å². The number of nitrogens with one attached hydrogen (secondary N) is 1. The van der Waals surface area contributed by atoms with Gasteiger partial charge in [0.15, 0.2) is 0 Å². The van der Waals surface area contributed by atoms with E-state index in [0.717, 1.165) is 5.56 Å². The summed E-state index contributed by atoms with van der Waals surface area (Å²) in [4.78, 5) is 22.4. The van der Waals surface area contributed by atoms with Crippen LogP contribution >= 0.6 is 0 Å². The number of rotatable bonds is 5. The standard InChI is InChI=1S/C15H15N3O3/c16-12(10-11-6-2-1-3-7-11)15(19)17-13-8-4-5-9-14(13)18(20)21/h1-9,12H,10,16H2,(H,17,19)/t12-/m1/s1. The van der Waals surface area contributed by atoms with E-state index in [9.17, 15) is 14.9 Å². The molecule has 0 aliphatic heterocycles. The Morgan fingerprint density at radius 2 is 1.76 bits per heavy atom. The number of amides is 1. The lowest BCUT2D eigenvalue weighted by Gasteiger charge is -2.12. The summed E-state index contributed by atoms with van der Waals surface area (Å²) >= 11 is 0. The second-order valence-electron chi connectivity index (χ2n) is 4.56. The summed E-state index contributed by atoms with van der Waals surface area (Å²) in [6.45, 7) is 0. The van der Waals surface area contributed by atoms with E-state index in [1.807, 2.05) is 30.3 Å². The van der Waals surface area contributed by atoms with Gasteiger partial charge in [-0.05, 0) is 18.1 Å². The Kier molecular flexibility index (Phi) is 4.63. The van der Waals surface area contributed by atoms with Crippen LogP contribution in [0.5, 0.6) is 0 Å². The Hall–Kier alpha value is -2.73. The minimum absolute atomic E-state index is 0.149. The molecule has 0 spiro atoms. The number of nitro groups is 1. The highest BCUT2D eigenvalue weighted by atomic mass is 16.6. The lowest BCUT2D eigenvalue weighted by molar-refractivity contribution is -0.383. The highest BCUT2D eigenvalue weighted by Crippen LogP contribution is 2.23. The van der Waals surface area contributed by atoms with Crippen LogP contribution in [0.2, 0.25) is 0 Å². The number of carbonyl (C=O) groups excluding carboxylic acids is 1. The summed E-state index contributed by atoms with van der Waals surface area (Å²) < 4.78 is 0. The molecule has 0 radical (unpaired) electrons. The molecule has 0 unspecified atom stereocenters. The SMILES string of the molecule is N[C@H](Cc1ccccc1)C(=O)Nc1ccccc1[N+](=O)[O-]. The Morgan fingerprint density at radius 3 is 2.43 bits per heavy atom. The predicted molar refractivity (Wildman–Crippen MR) is 79.8 cm³/mol. The zero-order valence-electron chi connectivity index (χ0n) is 11.2. The fourth-order valence-corrected chi connectivity index (χ4v) is 1.92. The number of nitro benzene ring substituents is 1. The van der Waals surface area contributed by atoms with Crippen molar-refractivity contribution in [1.29, 1.82) is 0 Å². The largest absolute Gasteiger partial charge is 0.320 e. The van der Waals surface area contributed by atoms with Crippen molar-refractivity contribution in [3.05, 3.63) is 70.3 Å². The number of nitrogens with zero attached hydrogens (tertiary/aromatic N) is 1. The molecule has 0 aliphatic rings. The monoisotopic (exact) mass is 285 g/mol. The molecule has 0 saturated carbocycles. The summed E-state index contributed by atoms with van der Waals surface area (Å²) in [5.41, 5.74) is 6.77. The first-order chi connectivity index (χ1) is 10.1.